The van der Waals surface area contributed by atoms with Gasteiger partial charge in [-0.1, -0.05) is 12.5 Å². The number of carboxylic acids is 1. The Balaban J connectivity index is 2.10. The first-order valence-electron chi connectivity index (χ1n) is 7.30. The van der Waals surface area contributed by atoms with Gasteiger partial charge in [0, 0.05) is 17.7 Å². The number of nitrogens with one attached hydrogen (secondary N) is 1. The summed E-state index contributed by atoms with van der Waals surface area (Å²) >= 11 is 0. The Morgan fingerprint density at radius 2 is 2.10 bits per heavy atom. The number of hydrogen-bond acceptors (Lipinski definition) is 2. The van der Waals surface area contributed by atoms with Crippen LogP contribution in [0.5, 0.6) is 0 Å². The van der Waals surface area contributed by atoms with Gasteiger partial charge in [0.25, 0.3) is 5.91 Å². The van der Waals surface area contributed by atoms with E-state index in [2.05, 4.69) is 5.32 Å². The van der Waals surface area contributed by atoms with Gasteiger partial charge in [-0.3, -0.25) is 4.79 Å². The SMILES string of the molecule is Cc1ccc(C(=O)NC(C)C2CCC2)cc1/C=C/C(=O)O. The van der Waals surface area contributed by atoms with Crippen molar-refractivity contribution in [3.8, 4) is 0 Å². The minimum absolute atomic E-state index is 0.0978. The van der Waals surface area contributed by atoms with Crippen LogP contribution in [0.4, 0.5) is 0 Å². The summed E-state index contributed by atoms with van der Waals surface area (Å²) in [5.41, 5.74) is 2.26. The Hall–Kier alpha value is -2.10. The molecule has 1 amide bonds. The molecule has 21 heavy (non-hydrogen) atoms. The quantitative estimate of drug-likeness (QED) is 0.818. The van der Waals surface area contributed by atoms with E-state index >= 15 is 0 Å². The second-order valence-corrected chi connectivity index (χ2v) is 5.70. The molecule has 2 N–H and O–H groups in total. The van der Waals surface area contributed by atoms with Crippen LogP contribution in [0.15, 0.2) is 24.3 Å². The molecule has 2 rings (SSSR count). The molecular formula is C17H21NO3. The highest BCUT2D eigenvalue weighted by molar-refractivity contribution is 5.95. The van der Waals surface area contributed by atoms with Gasteiger partial charge in [-0.15, -0.1) is 0 Å². The molecule has 0 bridgehead atoms. The molecule has 0 aliphatic heterocycles. The van der Waals surface area contributed by atoms with E-state index < -0.39 is 5.97 Å². The van der Waals surface area contributed by atoms with E-state index in [0.717, 1.165) is 17.2 Å². The van der Waals surface area contributed by atoms with Gasteiger partial charge in [0.2, 0.25) is 0 Å². The number of aliphatic carboxylic acids is 1. The van der Waals surface area contributed by atoms with E-state index in [1.54, 1.807) is 12.1 Å². The number of carbonyl (C=O) groups is 2. The maximum absolute atomic E-state index is 12.2. The van der Waals surface area contributed by atoms with Gasteiger partial charge in [-0.2, -0.15) is 0 Å². The summed E-state index contributed by atoms with van der Waals surface area (Å²) in [6.07, 6.45) is 6.22. The van der Waals surface area contributed by atoms with Crippen LogP contribution in [-0.4, -0.2) is 23.0 Å². The van der Waals surface area contributed by atoms with Crippen molar-refractivity contribution in [1.82, 2.24) is 5.32 Å². The number of carboxylic acid groups (broad SMARTS) is 1. The van der Waals surface area contributed by atoms with E-state index in [4.69, 9.17) is 5.11 Å². The van der Waals surface area contributed by atoms with E-state index in [1.165, 1.54) is 25.3 Å². The molecule has 1 atom stereocenters. The topological polar surface area (TPSA) is 66.4 Å². The molecule has 112 valence electrons. The van der Waals surface area contributed by atoms with Crippen LogP contribution in [0.25, 0.3) is 6.08 Å². The van der Waals surface area contributed by atoms with Crippen LogP contribution in [-0.2, 0) is 4.79 Å². The lowest BCUT2D eigenvalue weighted by molar-refractivity contribution is -0.131. The van der Waals surface area contributed by atoms with Crippen molar-refractivity contribution in [1.29, 1.82) is 0 Å². The number of benzene rings is 1. The Labute approximate surface area is 124 Å². The van der Waals surface area contributed by atoms with Crippen LogP contribution in [0.2, 0.25) is 0 Å². The average molecular weight is 287 g/mol. The molecule has 0 radical (unpaired) electrons. The van der Waals surface area contributed by atoms with E-state index in [9.17, 15) is 9.59 Å². The van der Waals surface area contributed by atoms with Crippen molar-refractivity contribution in [3.63, 3.8) is 0 Å². The van der Waals surface area contributed by atoms with Crippen molar-refractivity contribution < 1.29 is 14.7 Å². The number of aryl methyl sites for hydroxylation is 1. The molecule has 0 aromatic heterocycles. The Bertz CT molecular complexity index is 573. The highest BCUT2D eigenvalue weighted by Gasteiger charge is 2.25. The fraction of sp³-hybridized carbons (Fsp3) is 0.412. The zero-order valence-corrected chi connectivity index (χ0v) is 12.4. The van der Waals surface area contributed by atoms with E-state index in [-0.39, 0.29) is 11.9 Å². The molecule has 1 aromatic carbocycles. The maximum atomic E-state index is 12.2. The molecular weight excluding hydrogens is 266 g/mol. The summed E-state index contributed by atoms with van der Waals surface area (Å²) in [5.74, 6) is -0.506. The zero-order valence-electron chi connectivity index (χ0n) is 12.4. The molecule has 4 heteroatoms. The Kier molecular flexibility index (Phi) is 4.78. The molecule has 0 saturated heterocycles. The third kappa shape index (κ3) is 3.94. The number of amides is 1. The second-order valence-electron chi connectivity index (χ2n) is 5.70. The second kappa shape index (κ2) is 6.57. The maximum Gasteiger partial charge on any atom is 0.328 e. The first kappa shape index (κ1) is 15.3. The van der Waals surface area contributed by atoms with Gasteiger partial charge in [0.1, 0.15) is 0 Å². The molecule has 0 spiro atoms. The predicted octanol–water partition coefficient (Wildman–Crippen LogP) is 3.01. The lowest BCUT2D eigenvalue weighted by atomic mass is 9.80. The highest BCUT2D eigenvalue weighted by atomic mass is 16.4. The van der Waals surface area contributed by atoms with E-state index in [1.807, 2.05) is 19.9 Å². The highest BCUT2D eigenvalue weighted by Crippen LogP contribution is 2.29. The third-order valence-corrected chi connectivity index (χ3v) is 4.16. The van der Waals surface area contributed by atoms with Crippen LogP contribution in [0.1, 0.15) is 47.7 Å². The summed E-state index contributed by atoms with van der Waals surface area (Å²) in [5, 5.41) is 11.7. The largest absolute Gasteiger partial charge is 0.478 e. The lowest BCUT2D eigenvalue weighted by Gasteiger charge is -2.31. The molecule has 1 fully saturated rings. The van der Waals surface area contributed by atoms with E-state index in [0.29, 0.717) is 11.5 Å². The van der Waals surface area contributed by atoms with Crippen LogP contribution in [0.3, 0.4) is 0 Å². The van der Waals surface area contributed by atoms with Crippen LogP contribution < -0.4 is 5.32 Å². The molecule has 0 heterocycles. The monoisotopic (exact) mass is 287 g/mol. The van der Waals surface area contributed by atoms with Gasteiger partial charge < -0.3 is 10.4 Å². The summed E-state index contributed by atoms with van der Waals surface area (Å²) < 4.78 is 0. The summed E-state index contributed by atoms with van der Waals surface area (Å²) in [6.45, 7) is 3.93. The fourth-order valence-electron chi connectivity index (χ4n) is 2.47. The summed E-state index contributed by atoms with van der Waals surface area (Å²) in [6, 6.07) is 5.53. The van der Waals surface area contributed by atoms with Gasteiger partial charge in [-0.05, 0) is 61.9 Å². The number of hydrogen-bond donors (Lipinski definition) is 2. The first-order chi connectivity index (χ1) is 9.97. The summed E-state index contributed by atoms with van der Waals surface area (Å²) in [7, 11) is 0. The molecule has 4 nitrogen and oxygen atoms in total. The standard InChI is InChI=1S/C17H21NO3/c1-11-6-7-15(10-14(11)8-9-16(19)20)17(21)18-12(2)13-4-3-5-13/h6-10,12-13H,3-5H2,1-2H3,(H,18,21)(H,19,20)/b9-8+. The Morgan fingerprint density at radius 1 is 1.38 bits per heavy atom. The molecule has 1 aliphatic rings. The van der Waals surface area contributed by atoms with Gasteiger partial charge in [-0.25, -0.2) is 4.79 Å². The normalized spacial score (nSPS) is 16.5. The van der Waals surface area contributed by atoms with Crippen molar-refractivity contribution in [3.05, 3.63) is 41.0 Å². The third-order valence-electron chi connectivity index (χ3n) is 4.16. The smallest absolute Gasteiger partial charge is 0.328 e. The minimum atomic E-state index is -0.997. The van der Waals surface area contributed by atoms with Crippen molar-refractivity contribution in [2.45, 2.75) is 39.2 Å². The minimum Gasteiger partial charge on any atom is -0.478 e. The van der Waals surface area contributed by atoms with Crippen molar-refractivity contribution in [2.75, 3.05) is 0 Å². The van der Waals surface area contributed by atoms with Crippen LogP contribution >= 0.6 is 0 Å². The summed E-state index contributed by atoms with van der Waals surface area (Å²) in [4.78, 5) is 22.8. The van der Waals surface area contributed by atoms with Gasteiger partial charge >= 0.3 is 5.97 Å². The predicted molar refractivity (Wildman–Crippen MR) is 82.1 cm³/mol. The Morgan fingerprint density at radius 3 is 2.67 bits per heavy atom. The van der Waals surface area contributed by atoms with Gasteiger partial charge in [0.05, 0.1) is 0 Å². The van der Waals surface area contributed by atoms with Crippen molar-refractivity contribution >= 4 is 18.0 Å². The molecule has 1 unspecified atom stereocenters. The average Bonchev–Trinajstić information content (AvgIpc) is 2.35. The number of rotatable bonds is 5. The van der Waals surface area contributed by atoms with Gasteiger partial charge in [0.15, 0.2) is 0 Å². The molecule has 1 aromatic rings. The fourth-order valence-corrected chi connectivity index (χ4v) is 2.47. The molecule has 1 aliphatic carbocycles. The van der Waals surface area contributed by atoms with Crippen molar-refractivity contribution in [2.24, 2.45) is 5.92 Å². The molecule has 1 saturated carbocycles. The first-order valence-corrected chi connectivity index (χ1v) is 7.30. The zero-order chi connectivity index (χ0) is 15.4. The van der Waals surface area contributed by atoms with Crippen LogP contribution in [0, 0.1) is 12.8 Å². The lowest BCUT2D eigenvalue weighted by Crippen LogP contribution is -2.40. The number of carbonyl (C=O) groups excluding carboxylic acids is 1.